The van der Waals surface area contributed by atoms with Crippen molar-refractivity contribution in [2.24, 2.45) is 0 Å². The molecule has 0 atom stereocenters. The first-order valence-electron chi connectivity index (χ1n) is 6.16. The molecule has 2 aromatic carbocycles. The number of nitrogens with two attached hydrogens (primary N) is 2. The van der Waals surface area contributed by atoms with Gasteiger partial charge in [-0.25, -0.2) is 11.0 Å². The monoisotopic (exact) mass is 302 g/mol. The Morgan fingerprint density at radius 2 is 1.14 bits per heavy atom. The van der Waals surface area contributed by atoms with Crippen molar-refractivity contribution < 1.29 is 20.0 Å². The molecule has 0 unspecified atom stereocenters. The van der Waals surface area contributed by atoms with E-state index in [0.29, 0.717) is 11.1 Å². The van der Waals surface area contributed by atoms with E-state index >= 15 is 0 Å². The zero-order valence-electron chi connectivity index (χ0n) is 11.3. The van der Waals surface area contributed by atoms with Crippen molar-refractivity contribution in [2.75, 3.05) is 11.5 Å². The molecule has 114 valence electrons. The number of hydroxylamine groups is 2. The van der Waals surface area contributed by atoms with Crippen molar-refractivity contribution in [2.45, 2.75) is 0 Å². The van der Waals surface area contributed by atoms with Gasteiger partial charge in [0.1, 0.15) is 0 Å². The average Bonchev–Trinajstić information content (AvgIpc) is 2.53. The summed E-state index contributed by atoms with van der Waals surface area (Å²) in [6.07, 6.45) is 0. The molecule has 2 amide bonds. The lowest BCUT2D eigenvalue weighted by atomic mass is 10.00. The Morgan fingerprint density at radius 3 is 1.41 bits per heavy atom. The molecular weight excluding hydrogens is 288 g/mol. The molecule has 0 radical (unpaired) electrons. The normalized spacial score (nSPS) is 10.1. The van der Waals surface area contributed by atoms with E-state index < -0.39 is 11.8 Å². The van der Waals surface area contributed by atoms with Crippen molar-refractivity contribution in [3.05, 3.63) is 47.5 Å². The Labute approximate surface area is 125 Å². The fourth-order valence-corrected chi connectivity index (χ4v) is 2.02. The van der Waals surface area contributed by atoms with Gasteiger partial charge in [-0.1, -0.05) is 12.1 Å². The third kappa shape index (κ3) is 2.82. The highest BCUT2D eigenvalue weighted by Crippen LogP contribution is 2.27. The topological polar surface area (TPSA) is 151 Å². The number of carbonyl (C=O) groups is 2. The number of rotatable bonds is 3. The Kier molecular flexibility index (Phi) is 4.25. The minimum Gasteiger partial charge on any atom is -0.398 e. The molecule has 8 N–H and O–H groups in total. The summed E-state index contributed by atoms with van der Waals surface area (Å²) >= 11 is 0. The summed E-state index contributed by atoms with van der Waals surface area (Å²) in [5.41, 5.74) is 16.5. The number of carbonyl (C=O) groups excluding carboxylic acids is 2. The van der Waals surface area contributed by atoms with Gasteiger partial charge in [0.25, 0.3) is 11.8 Å². The fraction of sp³-hybridized carbons (Fsp3) is 0. The zero-order valence-corrected chi connectivity index (χ0v) is 11.3. The van der Waals surface area contributed by atoms with E-state index in [-0.39, 0.29) is 22.5 Å². The predicted octanol–water partition coefficient (Wildman–Crippen LogP) is 0.756. The van der Waals surface area contributed by atoms with E-state index in [1.165, 1.54) is 23.1 Å². The van der Waals surface area contributed by atoms with Crippen LogP contribution in [0, 0.1) is 0 Å². The van der Waals surface area contributed by atoms with Gasteiger partial charge in [0.15, 0.2) is 0 Å². The lowest BCUT2D eigenvalue weighted by Crippen LogP contribution is -2.20. The molecule has 0 spiro atoms. The first-order chi connectivity index (χ1) is 10.5. The second-order valence-electron chi connectivity index (χ2n) is 4.49. The highest BCUT2D eigenvalue weighted by molar-refractivity contribution is 6.00. The SMILES string of the molecule is Nc1cc(-c2ccc(C(=O)NO)c(N)c2)ccc1C(=O)NO. The number of amides is 2. The molecular formula is C14H14N4O4. The van der Waals surface area contributed by atoms with E-state index in [1.54, 1.807) is 24.3 Å². The van der Waals surface area contributed by atoms with Crippen molar-refractivity contribution >= 4 is 23.2 Å². The van der Waals surface area contributed by atoms with Gasteiger partial charge in [-0.3, -0.25) is 20.0 Å². The second-order valence-corrected chi connectivity index (χ2v) is 4.49. The molecule has 0 aromatic heterocycles. The smallest absolute Gasteiger partial charge is 0.276 e. The van der Waals surface area contributed by atoms with Crippen LogP contribution in [0.2, 0.25) is 0 Å². The molecule has 0 fully saturated rings. The largest absolute Gasteiger partial charge is 0.398 e. The standard InChI is InChI=1S/C14H14N4O4/c15-11-5-7(1-3-9(11)13(19)17-21)8-2-4-10(12(16)6-8)14(20)18-22/h1-6,21-22H,15-16H2,(H,17,19)(H,18,20). The summed E-state index contributed by atoms with van der Waals surface area (Å²) in [6, 6.07) is 9.26. The second kappa shape index (κ2) is 6.12. The van der Waals surface area contributed by atoms with Crippen LogP contribution in [-0.4, -0.2) is 22.2 Å². The first-order valence-corrected chi connectivity index (χ1v) is 6.16. The number of hydrogen-bond acceptors (Lipinski definition) is 6. The van der Waals surface area contributed by atoms with Crippen molar-refractivity contribution in [1.29, 1.82) is 0 Å². The van der Waals surface area contributed by atoms with Gasteiger partial charge in [-0.05, 0) is 35.4 Å². The summed E-state index contributed by atoms with van der Waals surface area (Å²) in [6.45, 7) is 0. The van der Waals surface area contributed by atoms with Crippen LogP contribution in [0.1, 0.15) is 20.7 Å². The van der Waals surface area contributed by atoms with Crippen LogP contribution in [-0.2, 0) is 0 Å². The molecule has 0 aliphatic rings. The summed E-state index contributed by atoms with van der Waals surface area (Å²) in [7, 11) is 0. The Bertz CT molecular complexity index is 682. The molecule has 8 nitrogen and oxygen atoms in total. The molecule has 2 rings (SSSR count). The minimum atomic E-state index is -0.710. The molecule has 0 bridgehead atoms. The summed E-state index contributed by atoms with van der Waals surface area (Å²) < 4.78 is 0. The summed E-state index contributed by atoms with van der Waals surface area (Å²) in [4.78, 5) is 22.7. The van der Waals surface area contributed by atoms with Gasteiger partial charge >= 0.3 is 0 Å². The van der Waals surface area contributed by atoms with E-state index in [0.717, 1.165) is 0 Å². The Balaban J connectivity index is 2.41. The number of anilines is 2. The van der Waals surface area contributed by atoms with Crippen LogP contribution < -0.4 is 22.4 Å². The molecule has 0 saturated heterocycles. The maximum absolute atomic E-state index is 11.4. The zero-order chi connectivity index (χ0) is 16.3. The van der Waals surface area contributed by atoms with Crippen molar-refractivity contribution in [3.63, 3.8) is 0 Å². The molecule has 0 aliphatic carbocycles. The van der Waals surface area contributed by atoms with Gasteiger partial charge < -0.3 is 11.5 Å². The summed E-state index contributed by atoms with van der Waals surface area (Å²) in [5, 5.41) is 17.2. The van der Waals surface area contributed by atoms with Crippen LogP contribution in [0.25, 0.3) is 11.1 Å². The molecule has 2 aromatic rings. The number of hydrogen-bond donors (Lipinski definition) is 6. The molecule has 0 saturated carbocycles. The highest BCUT2D eigenvalue weighted by atomic mass is 16.5. The van der Waals surface area contributed by atoms with Crippen LogP contribution in [0.4, 0.5) is 11.4 Å². The lowest BCUT2D eigenvalue weighted by molar-refractivity contribution is 0.0703. The molecule has 22 heavy (non-hydrogen) atoms. The van der Waals surface area contributed by atoms with Crippen LogP contribution in [0.5, 0.6) is 0 Å². The van der Waals surface area contributed by atoms with E-state index in [1.807, 2.05) is 0 Å². The number of nitrogens with one attached hydrogen (secondary N) is 2. The maximum atomic E-state index is 11.4. The maximum Gasteiger partial charge on any atom is 0.276 e. The Hall–Kier alpha value is -3.10. The van der Waals surface area contributed by atoms with Gasteiger partial charge in [-0.2, -0.15) is 0 Å². The van der Waals surface area contributed by atoms with Gasteiger partial charge in [0, 0.05) is 11.4 Å². The third-order valence-electron chi connectivity index (χ3n) is 3.13. The van der Waals surface area contributed by atoms with Crippen molar-refractivity contribution in [3.8, 4) is 11.1 Å². The van der Waals surface area contributed by atoms with Gasteiger partial charge in [-0.15, -0.1) is 0 Å². The minimum absolute atomic E-state index is 0.135. The molecule has 8 heteroatoms. The fourth-order valence-electron chi connectivity index (χ4n) is 2.02. The molecule has 0 aliphatic heterocycles. The van der Waals surface area contributed by atoms with E-state index in [2.05, 4.69) is 0 Å². The van der Waals surface area contributed by atoms with Crippen LogP contribution in [0.15, 0.2) is 36.4 Å². The van der Waals surface area contributed by atoms with E-state index in [4.69, 9.17) is 21.9 Å². The third-order valence-corrected chi connectivity index (χ3v) is 3.13. The quantitative estimate of drug-likeness (QED) is 0.280. The first kappa shape index (κ1) is 15.3. The van der Waals surface area contributed by atoms with Gasteiger partial charge in [0.05, 0.1) is 11.1 Å². The number of nitrogen functional groups attached to an aromatic ring is 2. The summed E-state index contributed by atoms with van der Waals surface area (Å²) in [5.74, 6) is -1.42. The van der Waals surface area contributed by atoms with Crippen molar-refractivity contribution in [1.82, 2.24) is 11.0 Å². The van der Waals surface area contributed by atoms with Gasteiger partial charge in [0.2, 0.25) is 0 Å². The Morgan fingerprint density at radius 1 is 0.773 bits per heavy atom. The average molecular weight is 302 g/mol. The number of benzene rings is 2. The highest BCUT2D eigenvalue weighted by Gasteiger charge is 2.12. The lowest BCUT2D eigenvalue weighted by Gasteiger charge is -2.09. The van der Waals surface area contributed by atoms with Crippen LogP contribution >= 0.6 is 0 Å². The molecule has 0 heterocycles. The van der Waals surface area contributed by atoms with E-state index in [9.17, 15) is 9.59 Å². The predicted molar refractivity (Wildman–Crippen MR) is 79.2 cm³/mol. The van der Waals surface area contributed by atoms with Crippen LogP contribution in [0.3, 0.4) is 0 Å².